The minimum Gasteiger partial charge on any atom is -0.494 e. The van der Waals surface area contributed by atoms with Crippen LogP contribution in [-0.4, -0.2) is 16.0 Å². The first-order chi connectivity index (χ1) is 15.7. The zero-order chi connectivity index (χ0) is 25.1. The number of hydrogen-bond donors (Lipinski definition) is 1. The van der Waals surface area contributed by atoms with Gasteiger partial charge in [0.1, 0.15) is 5.75 Å². The monoisotopic (exact) mass is 491 g/mol. The average molecular weight is 492 g/mol. The van der Waals surface area contributed by atoms with Crippen LogP contribution in [0.5, 0.6) is 11.6 Å². The molecular weight excluding hydrogens is 463 g/mol. The van der Waals surface area contributed by atoms with Gasteiger partial charge in [-0.1, -0.05) is 51.2 Å². The van der Waals surface area contributed by atoms with Gasteiger partial charge in [-0.15, -0.1) is 13.2 Å². The van der Waals surface area contributed by atoms with Crippen molar-refractivity contribution >= 4 is 11.3 Å². The minimum absolute atomic E-state index is 0.0288. The fourth-order valence-electron chi connectivity index (χ4n) is 4.76. The molecule has 182 valence electrons. The highest BCUT2D eigenvalue weighted by Gasteiger charge is 2.38. The van der Waals surface area contributed by atoms with Crippen LogP contribution in [0.4, 0.5) is 13.2 Å². The zero-order valence-electron chi connectivity index (χ0n) is 19.8. The number of nitrogens with zero attached hydrogens (tertiary/aromatic N) is 1. The Morgan fingerprint density at radius 1 is 1.03 bits per heavy atom. The van der Waals surface area contributed by atoms with Crippen molar-refractivity contribution < 1.29 is 23.0 Å². The largest absolute Gasteiger partial charge is 0.573 e. The number of fused-ring (bicyclic) bond motifs is 1. The molecule has 0 saturated carbocycles. The summed E-state index contributed by atoms with van der Waals surface area (Å²) in [6.07, 6.45) is -2.84. The lowest BCUT2D eigenvalue weighted by Crippen LogP contribution is -2.34. The summed E-state index contributed by atoms with van der Waals surface area (Å²) in [7, 11) is 0. The summed E-state index contributed by atoms with van der Waals surface area (Å²) in [5.74, 6) is -0.477. The molecule has 0 unspecified atom stereocenters. The summed E-state index contributed by atoms with van der Waals surface area (Å²) in [5.41, 5.74) is 4.59. The molecule has 0 fully saturated rings. The summed E-state index contributed by atoms with van der Waals surface area (Å²) in [4.78, 5) is 11.7. The number of thiazole rings is 1. The predicted octanol–water partition coefficient (Wildman–Crippen LogP) is 6.89. The molecule has 0 bridgehead atoms. The number of hydrogen-bond acceptors (Lipinski definition) is 4. The molecule has 1 aromatic heterocycles. The smallest absolute Gasteiger partial charge is 0.494 e. The van der Waals surface area contributed by atoms with Crippen LogP contribution in [0.3, 0.4) is 0 Å². The van der Waals surface area contributed by atoms with Gasteiger partial charge in [-0.3, -0.25) is 9.36 Å². The van der Waals surface area contributed by atoms with Crippen molar-refractivity contribution in [1.29, 1.82) is 0 Å². The van der Waals surface area contributed by atoms with Gasteiger partial charge in [-0.2, -0.15) is 0 Å². The van der Waals surface area contributed by atoms with E-state index in [-0.39, 0.29) is 33.9 Å². The van der Waals surface area contributed by atoms with Crippen LogP contribution in [0.15, 0.2) is 40.5 Å². The lowest BCUT2D eigenvalue weighted by Gasteiger charge is -2.42. The fraction of sp³-hybridized carbons (Fsp3) is 0.423. The first kappa shape index (κ1) is 24.4. The Labute approximate surface area is 200 Å². The fourth-order valence-corrected chi connectivity index (χ4v) is 5.38. The Kier molecular flexibility index (Phi) is 5.87. The van der Waals surface area contributed by atoms with E-state index in [2.05, 4.69) is 38.5 Å². The third kappa shape index (κ3) is 4.60. The lowest BCUT2D eigenvalue weighted by atomic mass is 9.62. The molecule has 2 aromatic carbocycles. The molecule has 4 rings (SSSR count). The first-order valence-corrected chi connectivity index (χ1v) is 12.0. The van der Waals surface area contributed by atoms with Gasteiger partial charge in [0.2, 0.25) is 5.88 Å². The summed E-state index contributed by atoms with van der Waals surface area (Å²) >= 11 is 0.863. The third-order valence-corrected chi connectivity index (χ3v) is 7.61. The van der Waals surface area contributed by atoms with E-state index >= 15 is 0 Å². The molecule has 34 heavy (non-hydrogen) atoms. The van der Waals surface area contributed by atoms with Crippen molar-refractivity contribution in [2.75, 3.05) is 0 Å². The highest BCUT2D eigenvalue weighted by molar-refractivity contribution is 7.07. The van der Waals surface area contributed by atoms with Crippen LogP contribution >= 0.6 is 11.3 Å². The van der Waals surface area contributed by atoms with Gasteiger partial charge < -0.3 is 9.84 Å². The summed E-state index contributed by atoms with van der Waals surface area (Å²) < 4.78 is 45.3. The van der Waals surface area contributed by atoms with Gasteiger partial charge in [-0.25, -0.2) is 0 Å². The second-order valence-corrected chi connectivity index (χ2v) is 11.1. The molecule has 0 amide bonds. The quantitative estimate of drug-likeness (QED) is 0.433. The van der Waals surface area contributed by atoms with Gasteiger partial charge in [0, 0.05) is 5.56 Å². The predicted molar refractivity (Wildman–Crippen MR) is 128 cm³/mol. The summed E-state index contributed by atoms with van der Waals surface area (Å²) in [5, 5.41) is 11.3. The van der Waals surface area contributed by atoms with Gasteiger partial charge >= 0.3 is 11.2 Å². The molecule has 4 nitrogen and oxygen atoms in total. The summed E-state index contributed by atoms with van der Waals surface area (Å²) in [6.45, 7) is 10.7. The van der Waals surface area contributed by atoms with E-state index in [1.807, 2.05) is 13.0 Å². The average Bonchev–Trinajstić information content (AvgIpc) is 3.03. The standard InChI is InChI=1S/C26H28F3NO3S/c1-15-10-19-20(25(4,5)9-8-24(19,2)3)12-17(15)18-11-16(6-7-21(18)33-26(27,28)29)13-30-22(31)14-34-23(30)32/h6-7,10-12,14,31H,8-9,13H2,1-5H3. The van der Waals surface area contributed by atoms with Gasteiger partial charge in [0.15, 0.2) is 0 Å². The molecule has 0 spiro atoms. The third-order valence-electron chi connectivity index (χ3n) is 6.86. The van der Waals surface area contributed by atoms with Crippen LogP contribution in [0, 0.1) is 6.92 Å². The number of ether oxygens (including phenoxy) is 1. The highest BCUT2D eigenvalue weighted by atomic mass is 32.1. The molecule has 8 heteroatoms. The van der Waals surface area contributed by atoms with E-state index in [1.54, 1.807) is 6.07 Å². The van der Waals surface area contributed by atoms with E-state index in [1.165, 1.54) is 27.6 Å². The van der Waals surface area contributed by atoms with Crippen LogP contribution in [0.25, 0.3) is 11.1 Å². The maximum absolute atomic E-state index is 13.2. The maximum atomic E-state index is 13.2. The molecule has 1 aliphatic rings. The Balaban J connectivity index is 1.90. The van der Waals surface area contributed by atoms with Crippen molar-refractivity contribution in [3.05, 3.63) is 67.6 Å². The van der Waals surface area contributed by atoms with Crippen molar-refractivity contribution in [3.63, 3.8) is 0 Å². The number of halogens is 3. The summed E-state index contributed by atoms with van der Waals surface area (Å²) in [6, 6.07) is 8.46. The molecule has 1 N–H and O–H groups in total. The molecule has 0 saturated heterocycles. The zero-order valence-corrected chi connectivity index (χ0v) is 20.7. The second-order valence-electron chi connectivity index (χ2n) is 10.3. The Morgan fingerprint density at radius 3 is 2.21 bits per heavy atom. The topological polar surface area (TPSA) is 51.5 Å². The normalized spacial score (nSPS) is 16.8. The number of rotatable bonds is 4. The number of benzene rings is 2. The molecule has 0 aliphatic heterocycles. The molecule has 3 aromatic rings. The van der Waals surface area contributed by atoms with Gasteiger partial charge in [0.25, 0.3) is 0 Å². The Morgan fingerprint density at radius 2 is 1.65 bits per heavy atom. The van der Waals surface area contributed by atoms with Gasteiger partial charge in [-0.05, 0) is 76.6 Å². The van der Waals surface area contributed by atoms with Crippen LogP contribution in [0.2, 0.25) is 0 Å². The Hall–Kier alpha value is -2.74. The molecule has 1 aliphatic carbocycles. The van der Waals surface area contributed by atoms with Crippen molar-refractivity contribution in [1.82, 2.24) is 4.57 Å². The SMILES string of the molecule is Cc1cc2c(cc1-c1cc(Cn3c(O)csc3=O)ccc1OC(F)(F)F)C(C)(C)CCC2(C)C. The van der Waals surface area contributed by atoms with E-state index in [0.29, 0.717) is 16.7 Å². The van der Waals surface area contributed by atoms with E-state index < -0.39 is 6.36 Å². The minimum atomic E-state index is -4.85. The van der Waals surface area contributed by atoms with Crippen molar-refractivity contribution in [2.24, 2.45) is 0 Å². The molecule has 0 radical (unpaired) electrons. The van der Waals surface area contributed by atoms with E-state index in [0.717, 1.165) is 35.3 Å². The second kappa shape index (κ2) is 8.18. The number of aromatic hydroxyl groups is 1. The number of aromatic nitrogens is 1. The maximum Gasteiger partial charge on any atom is 0.573 e. The van der Waals surface area contributed by atoms with Crippen molar-refractivity contribution in [3.8, 4) is 22.8 Å². The van der Waals surface area contributed by atoms with Crippen LogP contribution in [0.1, 0.15) is 62.8 Å². The highest BCUT2D eigenvalue weighted by Crippen LogP contribution is 2.48. The Bertz CT molecular complexity index is 1300. The van der Waals surface area contributed by atoms with E-state index in [9.17, 15) is 23.1 Å². The number of aryl methyl sites for hydroxylation is 1. The van der Waals surface area contributed by atoms with Crippen LogP contribution in [-0.2, 0) is 17.4 Å². The van der Waals surface area contributed by atoms with Crippen LogP contribution < -0.4 is 9.61 Å². The van der Waals surface area contributed by atoms with Gasteiger partial charge in [0.05, 0.1) is 11.9 Å². The van der Waals surface area contributed by atoms with E-state index in [4.69, 9.17) is 0 Å². The first-order valence-electron chi connectivity index (χ1n) is 11.1. The number of alkyl halides is 3. The molecular formula is C26H28F3NO3S. The molecule has 0 atom stereocenters. The lowest BCUT2D eigenvalue weighted by molar-refractivity contribution is -0.274. The molecule has 1 heterocycles. The van der Waals surface area contributed by atoms with Crippen molar-refractivity contribution in [2.45, 2.75) is 71.2 Å².